The highest BCUT2D eigenvalue weighted by Crippen LogP contribution is 2.19. The summed E-state index contributed by atoms with van der Waals surface area (Å²) in [6.45, 7) is 0. The summed E-state index contributed by atoms with van der Waals surface area (Å²) in [5, 5.41) is 12.5. The van der Waals surface area contributed by atoms with Crippen molar-refractivity contribution in [3.8, 4) is 11.5 Å². The van der Waals surface area contributed by atoms with E-state index in [9.17, 15) is 0 Å². The zero-order valence-corrected chi connectivity index (χ0v) is 9.13. The van der Waals surface area contributed by atoms with E-state index in [0.29, 0.717) is 16.6 Å². The molecule has 0 saturated heterocycles. The van der Waals surface area contributed by atoms with Crippen molar-refractivity contribution in [3.63, 3.8) is 0 Å². The van der Waals surface area contributed by atoms with Crippen molar-refractivity contribution in [1.82, 2.24) is 29.4 Å². The van der Waals surface area contributed by atoms with E-state index in [1.807, 2.05) is 13.1 Å². The van der Waals surface area contributed by atoms with Crippen molar-refractivity contribution in [3.05, 3.63) is 29.8 Å². The fourth-order valence-electron chi connectivity index (χ4n) is 1.56. The van der Waals surface area contributed by atoms with E-state index in [2.05, 4.69) is 20.3 Å². The Morgan fingerprint density at radius 3 is 2.88 bits per heavy atom. The van der Waals surface area contributed by atoms with Gasteiger partial charge in [0.2, 0.25) is 0 Å². The largest absolute Gasteiger partial charge is 0.277 e. The predicted molar refractivity (Wildman–Crippen MR) is 58.0 cm³/mol. The second-order valence-electron chi connectivity index (χ2n) is 3.28. The molecular weight excluding hydrogens is 228 g/mol. The summed E-state index contributed by atoms with van der Waals surface area (Å²) in [5.41, 5.74) is 1.41. The summed E-state index contributed by atoms with van der Waals surface area (Å²) in [4.78, 5) is 3.94. The van der Waals surface area contributed by atoms with E-state index >= 15 is 0 Å². The first-order valence-corrected chi connectivity index (χ1v) is 4.99. The van der Waals surface area contributed by atoms with Crippen molar-refractivity contribution < 1.29 is 0 Å². The quantitative estimate of drug-likeness (QED) is 0.634. The van der Waals surface area contributed by atoms with Crippen LogP contribution in [0.25, 0.3) is 17.2 Å². The van der Waals surface area contributed by atoms with Gasteiger partial charge in [-0.15, -0.1) is 10.2 Å². The first-order chi connectivity index (χ1) is 7.77. The van der Waals surface area contributed by atoms with Gasteiger partial charge in [-0.2, -0.15) is 5.10 Å². The summed E-state index contributed by atoms with van der Waals surface area (Å²) in [7, 11) is 1.85. The van der Waals surface area contributed by atoms with Gasteiger partial charge in [0.05, 0.1) is 0 Å². The van der Waals surface area contributed by atoms with Crippen LogP contribution in [-0.2, 0) is 7.05 Å². The molecule has 3 aromatic rings. The average molecular weight is 235 g/mol. The van der Waals surface area contributed by atoms with Gasteiger partial charge >= 0.3 is 0 Å². The van der Waals surface area contributed by atoms with Gasteiger partial charge in [-0.25, -0.2) is 4.98 Å². The number of aryl methyl sites for hydroxylation is 1. The highest BCUT2D eigenvalue weighted by molar-refractivity contribution is 6.32. The number of halogens is 1. The van der Waals surface area contributed by atoms with Crippen LogP contribution in [0.2, 0.25) is 5.15 Å². The number of hydrogen-bond donors (Lipinski definition) is 0. The molecule has 3 rings (SSSR count). The molecular formula is C9H7ClN6. The minimum atomic E-state index is 0.336. The number of nitrogens with zero attached hydrogens (tertiary/aromatic N) is 6. The van der Waals surface area contributed by atoms with Gasteiger partial charge in [-0.1, -0.05) is 11.6 Å². The highest BCUT2D eigenvalue weighted by Gasteiger charge is 2.12. The summed E-state index contributed by atoms with van der Waals surface area (Å²) in [6, 6.07) is 1.87. The van der Waals surface area contributed by atoms with Crippen LogP contribution in [0.1, 0.15) is 0 Å². The van der Waals surface area contributed by atoms with E-state index in [4.69, 9.17) is 11.6 Å². The van der Waals surface area contributed by atoms with Crippen LogP contribution in [0.5, 0.6) is 0 Å². The molecule has 0 N–H and O–H groups in total. The summed E-state index contributed by atoms with van der Waals surface area (Å²) in [5.74, 6) is 0.694. The molecule has 3 heterocycles. The number of rotatable bonds is 1. The zero-order valence-electron chi connectivity index (χ0n) is 8.37. The maximum absolute atomic E-state index is 5.91. The molecule has 0 spiro atoms. The second kappa shape index (κ2) is 3.28. The van der Waals surface area contributed by atoms with Crippen molar-refractivity contribution in [2.24, 2.45) is 7.05 Å². The van der Waals surface area contributed by atoms with E-state index < -0.39 is 0 Å². The number of hydrogen-bond acceptors (Lipinski definition) is 4. The standard InChI is InChI=1S/C9H7ClN6/c1-15-6(2-3-12-15)8-13-14-9-7(10)11-4-5-16(8)9/h2-5H,1H3. The van der Waals surface area contributed by atoms with Crippen molar-refractivity contribution in [2.75, 3.05) is 0 Å². The Morgan fingerprint density at radius 2 is 2.12 bits per heavy atom. The Kier molecular flexibility index (Phi) is 1.90. The monoisotopic (exact) mass is 234 g/mol. The first-order valence-electron chi connectivity index (χ1n) is 4.61. The molecule has 80 valence electrons. The third-order valence-electron chi connectivity index (χ3n) is 2.33. The molecule has 0 aliphatic rings. The Balaban J connectivity index is 2.34. The van der Waals surface area contributed by atoms with E-state index in [1.165, 1.54) is 0 Å². The van der Waals surface area contributed by atoms with Crippen LogP contribution in [0.3, 0.4) is 0 Å². The summed E-state index contributed by atoms with van der Waals surface area (Å²) in [6.07, 6.45) is 5.08. The lowest BCUT2D eigenvalue weighted by molar-refractivity contribution is 0.768. The molecule has 0 atom stereocenters. The lowest BCUT2D eigenvalue weighted by Gasteiger charge is -1.99. The fourth-order valence-corrected chi connectivity index (χ4v) is 1.75. The Bertz CT molecular complexity index is 655. The minimum absolute atomic E-state index is 0.336. The Morgan fingerprint density at radius 1 is 1.25 bits per heavy atom. The van der Waals surface area contributed by atoms with Gasteiger partial charge in [0.1, 0.15) is 5.69 Å². The smallest absolute Gasteiger partial charge is 0.198 e. The van der Waals surface area contributed by atoms with Gasteiger partial charge in [0, 0.05) is 25.6 Å². The maximum Gasteiger partial charge on any atom is 0.198 e. The molecule has 0 amide bonds. The Labute approximate surface area is 95.5 Å². The zero-order chi connectivity index (χ0) is 11.1. The average Bonchev–Trinajstić information content (AvgIpc) is 2.84. The molecule has 0 aromatic carbocycles. The molecule has 6 nitrogen and oxygen atoms in total. The summed E-state index contributed by atoms with van der Waals surface area (Å²) < 4.78 is 3.51. The minimum Gasteiger partial charge on any atom is -0.277 e. The van der Waals surface area contributed by atoms with E-state index in [1.54, 1.807) is 27.7 Å². The SMILES string of the molecule is Cn1nccc1-c1nnc2c(Cl)nccn12. The highest BCUT2D eigenvalue weighted by atomic mass is 35.5. The lowest BCUT2D eigenvalue weighted by Crippen LogP contribution is -1.97. The van der Waals surface area contributed by atoms with E-state index in [-0.39, 0.29) is 0 Å². The van der Waals surface area contributed by atoms with Crippen LogP contribution in [0, 0.1) is 0 Å². The van der Waals surface area contributed by atoms with E-state index in [0.717, 1.165) is 5.69 Å². The van der Waals surface area contributed by atoms with Gasteiger partial charge in [0.25, 0.3) is 0 Å². The summed E-state index contributed by atoms with van der Waals surface area (Å²) >= 11 is 5.91. The van der Waals surface area contributed by atoms with Gasteiger partial charge in [-0.05, 0) is 6.07 Å². The molecule has 0 radical (unpaired) electrons. The molecule has 0 fully saturated rings. The van der Waals surface area contributed by atoms with Crippen LogP contribution in [-0.4, -0.2) is 29.4 Å². The second-order valence-corrected chi connectivity index (χ2v) is 3.63. The number of fused-ring (bicyclic) bond motifs is 1. The molecule has 0 saturated carbocycles. The van der Waals surface area contributed by atoms with Crippen LogP contribution in [0.15, 0.2) is 24.7 Å². The van der Waals surface area contributed by atoms with Gasteiger partial charge in [-0.3, -0.25) is 9.08 Å². The van der Waals surface area contributed by atoms with Crippen LogP contribution in [0.4, 0.5) is 0 Å². The molecule has 0 aliphatic heterocycles. The van der Waals surface area contributed by atoms with Crippen LogP contribution >= 0.6 is 11.6 Å². The third kappa shape index (κ3) is 1.20. The molecule has 0 bridgehead atoms. The lowest BCUT2D eigenvalue weighted by atomic mass is 10.4. The molecule has 16 heavy (non-hydrogen) atoms. The fraction of sp³-hybridized carbons (Fsp3) is 0.111. The molecule has 7 heteroatoms. The molecule has 3 aromatic heterocycles. The topological polar surface area (TPSA) is 60.9 Å². The van der Waals surface area contributed by atoms with Gasteiger partial charge in [0.15, 0.2) is 16.6 Å². The van der Waals surface area contributed by atoms with Crippen molar-refractivity contribution in [1.29, 1.82) is 0 Å². The number of aromatic nitrogens is 6. The molecule has 0 unspecified atom stereocenters. The Hall–Kier alpha value is -1.95. The predicted octanol–water partition coefficient (Wildman–Crippen LogP) is 1.18. The third-order valence-corrected chi connectivity index (χ3v) is 2.60. The maximum atomic E-state index is 5.91. The van der Waals surface area contributed by atoms with Crippen LogP contribution < -0.4 is 0 Å². The van der Waals surface area contributed by atoms with Crippen molar-refractivity contribution >= 4 is 17.2 Å². The normalized spacial score (nSPS) is 11.1. The first kappa shape index (κ1) is 9.29. The molecule has 0 aliphatic carbocycles. The van der Waals surface area contributed by atoms with Crippen molar-refractivity contribution in [2.45, 2.75) is 0 Å². The van der Waals surface area contributed by atoms with Gasteiger partial charge < -0.3 is 0 Å².